The Kier molecular flexibility index (Phi) is 2.08. The summed E-state index contributed by atoms with van der Waals surface area (Å²) in [4.78, 5) is 13.2. The molecule has 0 aromatic rings. The van der Waals surface area contributed by atoms with Crippen LogP contribution in [0.25, 0.3) is 0 Å². The highest BCUT2D eigenvalue weighted by atomic mass is 16.4. The quantitative estimate of drug-likeness (QED) is 0.672. The molecule has 2 aliphatic rings. The molecule has 0 radical (unpaired) electrons. The summed E-state index contributed by atoms with van der Waals surface area (Å²) in [6.07, 6.45) is 2.79. The molecule has 1 saturated carbocycles. The van der Waals surface area contributed by atoms with Crippen molar-refractivity contribution in [2.45, 2.75) is 31.3 Å². The summed E-state index contributed by atoms with van der Waals surface area (Å²) < 4.78 is 0. The lowest BCUT2D eigenvalue weighted by atomic mass is 9.58. The average Bonchev–Trinajstić information content (AvgIpc) is 2.27. The van der Waals surface area contributed by atoms with Crippen LogP contribution in [0.2, 0.25) is 0 Å². The number of hydrogen-bond acceptors (Lipinski definition) is 3. The Hall–Kier alpha value is -0.610. The third-order valence-electron chi connectivity index (χ3n) is 3.95. The predicted octanol–water partition coefficient (Wildman–Crippen LogP) is 0.308. The highest BCUT2D eigenvalue weighted by Crippen LogP contribution is 2.52. The molecule has 1 unspecified atom stereocenters. The maximum atomic E-state index is 11.2. The number of β-amino-alcohol motifs (C(OH)–C–C–N with tert-alkyl or cyclic N) is 1. The molecule has 1 aliphatic carbocycles. The standard InChI is InChI=1S/C10H17NO3/c1-11-6-5-10(14,7-11)9(8(12)13)3-2-4-9/h14H,2-7H2,1H3,(H,12,13). The average molecular weight is 199 g/mol. The number of carbonyl (C=O) groups is 1. The molecule has 2 N–H and O–H groups in total. The van der Waals surface area contributed by atoms with Gasteiger partial charge in [0.25, 0.3) is 0 Å². The molecule has 80 valence electrons. The van der Waals surface area contributed by atoms with Gasteiger partial charge in [-0.3, -0.25) is 4.79 Å². The Morgan fingerprint density at radius 1 is 1.36 bits per heavy atom. The number of hydrogen-bond donors (Lipinski definition) is 2. The summed E-state index contributed by atoms with van der Waals surface area (Å²) in [7, 11) is 1.92. The van der Waals surface area contributed by atoms with E-state index in [1.54, 1.807) is 0 Å². The highest BCUT2D eigenvalue weighted by molar-refractivity contribution is 5.77. The maximum Gasteiger partial charge on any atom is 0.312 e. The van der Waals surface area contributed by atoms with Gasteiger partial charge >= 0.3 is 5.97 Å². The molecule has 0 aromatic carbocycles. The van der Waals surface area contributed by atoms with Crippen LogP contribution >= 0.6 is 0 Å². The summed E-state index contributed by atoms with van der Waals surface area (Å²) in [5.41, 5.74) is -1.84. The van der Waals surface area contributed by atoms with Gasteiger partial charge in [-0.05, 0) is 26.3 Å². The van der Waals surface area contributed by atoms with Crippen LogP contribution in [0, 0.1) is 5.41 Å². The third kappa shape index (κ3) is 1.10. The molecule has 14 heavy (non-hydrogen) atoms. The number of aliphatic hydroxyl groups is 1. The van der Waals surface area contributed by atoms with Crippen molar-refractivity contribution in [3.8, 4) is 0 Å². The van der Waals surface area contributed by atoms with Crippen LogP contribution in [0.1, 0.15) is 25.7 Å². The van der Waals surface area contributed by atoms with Crippen LogP contribution in [0.15, 0.2) is 0 Å². The van der Waals surface area contributed by atoms with Gasteiger partial charge in [0.2, 0.25) is 0 Å². The normalized spacial score (nSPS) is 36.7. The van der Waals surface area contributed by atoms with Crippen LogP contribution < -0.4 is 0 Å². The SMILES string of the molecule is CN1CCC(O)(C2(C(=O)O)CCC2)C1. The number of nitrogens with zero attached hydrogens (tertiary/aromatic N) is 1. The molecule has 0 spiro atoms. The van der Waals surface area contributed by atoms with E-state index in [-0.39, 0.29) is 0 Å². The van der Waals surface area contributed by atoms with E-state index in [4.69, 9.17) is 0 Å². The van der Waals surface area contributed by atoms with E-state index < -0.39 is 17.0 Å². The fourth-order valence-corrected chi connectivity index (χ4v) is 2.78. The fourth-order valence-electron chi connectivity index (χ4n) is 2.78. The van der Waals surface area contributed by atoms with Crippen molar-refractivity contribution in [2.24, 2.45) is 5.41 Å². The fraction of sp³-hybridized carbons (Fsp3) is 0.900. The zero-order chi connectivity index (χ0) is 10.4. The van der Waals surface area contributed by atoms with E-state index in [2.05, 4.69) is 0 Å². The van der Waals surface area contributed by atoms with E-state index in [1.807, 2.05) is 11.9 Å². The monoisotopic (exact) mass is 199 g/mol. The largest absolute Gasteiger partial charge is 0.481 e. The minimum atomic E-state index is -0.994. The Morgan fingerprint density at radius 2 is 2.00 bits per heavy atom. The Balaban J connectivity index is 2.23. The van der Waals surface area contributed by atoms with E-state index in [1.165, 1.54) is 0 Å². The second-order valence-electron chi connectivity index (χ2n) is 4.76. The number of carboxylic acid groups (broad SMARTS) is 1. The molecule has 2 fully saturated rings. The zero-order valence-electron chi connectivity index (χ0n) is 8.49. The molecule has 0 aromatic heterocycles. The van der Waals surface area contributed by atoms with Gasteiger partial charge in [0, 0.05) is 13.1 Å². The molecular formula is C10H17NO3. The van der Waals surface area contributed by atoms with Crippen molar-refractivity contribution in [3.63, 3.8) is 0 Å². The Labute approximate surface area is 83.5 Å². The minimum absolute atomic E-state index is 0.499. The smallest absolute Gasteiger partial charge is 0.312 e. The summed E-state index contributed by atoms with van der Waals surface area (Å²) >= 11 is 0. The van der Waals surface area contributed by atoms with Gasteiger partial charge in [0.05, 0.1) is 11.0 Å². The summed E-state index contributed by atoms with van der Waals surface area (Å²) in [5.74, 6) is -0.818. The number of carboxylic acids is 1. The molecule has 1 aliphatic heterocycles. The first kappa shape index (κ1) is 9.93. The lowest BCUT2D eigenvalue weighted by Crippen LogP contribution is -2.58. The number of aliphatic carboxylic acids is 1. The van der Waals surface area contributed by atoms with Crippen LogP contribution in [-0.4, -0.2) is 46.8 Å². The number of likely N-dealkylation sites (N-methyl/N-ethyl adjacent to an activating group) is 1. The van der Waals surface area contributed by atoms with Gasteiger partial charge in [0.1, 0.15) is 0 Å². The third-order valence-corrected chi connectivity index (χ3v) is 3.95. The second-order valence-corrected chi connectivity index (χ2v) is 4.76. The van der Waals surface area contributed by atoms with Crippen molar-refractivity contribution in [1.29, 1.82) is 0 Å². The second kappa shape index (κ2) is 2.94. The van der Waals surface area contributed by atoms with Gasteiger partial charge < -0.3 is 15.1 Å². The first-order valence-corrected chi connectivity index (χ1v) is 5.15. The lowest BCUT2D eigenvalue weighted by molar-refractivity contribution is -0.181. The van der Waals surface area contributed by atoms with Gasteiger partial charge in [0.15, 0.2) is 0 Å². The van der Waals surface area contributed by atoms with Gasteiger partial charge in [-0.1, -0.05) is 6.42 Å². The molecule has 4 nitrogen and oxygen atoms in total. The van der Waals surface area contributed by atoms with Crippen molar-refractivity contribution in [2.75, 3.05) is 20.1 Å². The molecule has 0 bridgehead atoms. The van der Waals surface area contributed by atoms with Gasteiger partial charge in [-0.15, -0.1) is 0 Å². The van der Waals surface area contributed by atoms with Gasteiger partial charge in [-0.2, -0.15) is 0 Å². The van der Waals surface area contributed by atoms with Crippen LogP contribution in [0.5, 0.6) is 0 Å². The topological polar surface area (TPSA) is 60.8 Å². The summed E-state index contributed by atoms with van der Waals surface area (Å²) in [5, 5.41) is 19.6. The van der Waals surface area contributed by atoms with E-state index >= 15 is 0 Å². The van der Waals surface area contributed by atoms with Crippen molar-refractivity contribution < 1.29 is 15.0 Å². The number of likely N-dealkylation sites (tertiary alicyclic amines) is 1. The molecule has 1 atom stereocenters. The molecule has 2 rings (SSSR count). The van der Waals surface area contributed by atoms with Crippen LogP contribution in [0.4, 0.5) is 0 Å². The Morgan fingerprint density at radius 3 is 2.29 bits per heavy atom. The molecule has 0 amide bonds. The highest BCUT2D eigenvalue weighted by Gasteiger charge is 2.61. The van der Waals surface area contributed by atoms with Crippen molar-refractivity contribution in [1.82, 2.24) is 4.90 Å². The number of rotatable bonds is 2. The van der Waals surface area contributed by atoms with Gasteiger partial charge in [-0.25, -0.2) is 0 Å². The zero-order valence-corrected chi connectivity index (χ0v) is 8.49. The summed E-state index contributed by atoms with van der Waals surface area (Å²) in [6.45, 7) is 1.30. The Bertz CT molecular complexity index is 262. The molecular weight excluding hydrogens is 182 g/mol. The van der Waals surface area contributed by atoms with Crippen molar-refractivity contribution in [3.05, 3.63) is 0 Å². The van der Waals surface area contributed by atoms with Crippen molar-refractivity contribution >= 4 is 5.97 Å². The van der Waals surface area contributed by atoms with Crippen LogP contribution in [0.3, 0.4) is 0 Å². The van der Waals surface area contributed by atoms with E-state index in [0.717, 1.165) is 13.0 Å². The van der Waals surface area contributed by atoms with E-state index in [0.29, 0.717) is 25.8 Å². The maximum absolute atomic E-state index is 11.2. The summed E-state index contributed by atoms with van der Waals surface area (Å²) in [6, 6.07) is 0. The molecule has 1 heterocycles. The predicted molar refractivity (Wildman–Crippen MR) is 51.0 cm³/mol. The minimum Gasteiger partial charge on any atom is -0.481 e. The molecule has 1 saturated heterocycles. The lowest BCUT2D eigenvalue weighted by Gasteiger charge is -2.48. The molecule has 4 heteroatoms. The van der Waals surface area contributed by atoms with Crippen LogP contribution in [-0.2, 0) is 4.79 Å². The van der Waals surface area contributed by atoms with E-state index in [9.17, 15) is 15.0 Å². The first-order chi connectivity index (χ1) is 6.50. The first-order valence-electron chi connectivity index (χ1n) is 5.15.